The van der Waals surface area contributed by atoms with E-state index in [1.807, 2.05) is 49.2 Å². The number of ether oxygens (including phenoxy) is 1. The number of carbonyl (C=O) groups excluding carboxylic acids is 1. The first-order valence-electron chi connectivity index (χ1n) is 11.2. The summed E-state index contributed by atoms with van der Waals surface area (Å²) in [5.41, 5.74) is 0.305. The maximum absolute atomic E-state index is 13.5. The summed E-state index contributed by atoms with van der Waals surface area (Å²) in [6.45, 7) is 5.04. The maximum atomic E-state index is 13.5. The highest BCUT2D eigenvalue weighted by atomic mass is 35.5. The highest BCUT2D eigenvalue weighted by Crippen LogP contribution is 2.26. The largest absolute Gasteiger partial charge is 0.502 e. The van der Waals surface area contributed by atoms with E-state index < -0.39 is 22.9 Å². The Morgan fingerprint density at radius 1 is 1.06 bits per heavy atom. The summed E-state index contributed by atoms with van der Waals surface area (Å²) < 4.78 is 20.5. The Bertz CT molecular complexity index is 1250. The van der Waals surface area contributed by atoms with E-state index in [-0.39, 0.29) is 36.3 Å². The van der Waals surface area contributed by atoms with E-state index >= 15 is 0 Å². The smallest absolute Gasteiger partial charge is 0.278 e. The van der Waals surface area contributed by atoms with Gasteiger partial charge in [0.25, 0.3) is 5.91 Å². The van der Waals surface area contributed by atoms with Crippen molar-refractivity contribution in [2.24, 2.45) is 0 Å². The van der Waals surface area contributed by atoms with Crippen LogP contribution in [0.5, 0.6) is 11.5 Å². The summed E-state index contributed by atoms with van der Waals surface area (Å²) >= 11 is 5.87. The Labute approximate surface area is 208 Å². The van der Waals surface area contributed by atoms with E-state index in [0.29, 0.717) is 6.54 Å². The fourth-order valence-electron chi connectivity index (χ4n) is 3.50. The maximum Gasteiger partial charge on any atom is 0.278 e. The minimum atomic E-state index is -0.618. The Morgan fingerprint density at radius 2 is 1.80 bits per heavy atom. The molecule has 0 unspecified atom stereocenters. The van der Waals surface area contributed by atoms with Crippen LogP contribution in [0.15, 0.2) is 77.7 Å². The molecule has 9 heteroatoms. The van der Waals surface area contributed by atoms with Gasteiger partial charge in [0, 0.05) is 18.8 Å². The fraction of sp³-hybridized carbons (Fsp3) is 0.231. The van der Waals surface area contributed by atoms with Crippen molar-refractivity contribution in [3.8, 4) is 11.5 Å². The van der Waals surface area contributed by atoms with E-state index in [2.05, 4.69) is 0 Å². The second-order valence-corrected chi connectivity index (χ2v) is 7.75. The molecule has 184 valence electrons. The van der Waals surface area contributed by atoms with E-state index in [9.17, 15) is 19.1 Å². The summed E-state index contributed by atoms with van der Waals surface area (Å²) in [7, 11) is 0. The Morgan fingerprint density at radius 3 is 2.54 bits per heavy atom. The van der Waals surface area contributed by atoms with Gasteiger partial charge in [0.2, 0.25) is 5.43 Å². The molecule has 4 rings (SSSR count). The summed E-state index contributed by atoms with van der Waals surface area (Å²) in [6.07, 6.45) is 4.89. The number of benzene rings is 2. The molecule has 7 nitrogen and oxygen atoms in total. The number of hydrogen-bond acceptors (Lipinski definition) is 5. The van der Waals surface area contributed by atoms with Gasteiger partial charge in [-0.2, -0.15) is 0 Å². The van der Waals surface area contributed by atoms with Gasteiger partial charge in [-0.05, 0) is 23.8 Å². The number of hydrogen-bond donors (Lipinski definition) is 1. The topological polar surface area (TPSA) is 75.0 Å². The van der Waals surface area contributed by atoms with E-state index in [4.69, 9.17) is 16.3 Å². The Hall–Kier alpha value is -3.78. The quantitative estimate of drug-likeness (QED) is 0.482. The van der Waals surface area contributed by atoms with Crippen molar-refractivity contribution < 1.29 is 19.0 Å². The number of amides is 1. The number of halogens is 2. The zero-order valence-electron chi connectivity index (χ0n) is 19.5. The lowest BCUT2D eigenvalue weighted by Gasteiger charge is -2.39. The molecular formula is C26H27ClFN3O4. The van der Waals surface area contributed by atoms with Gasteiger partial charge in [0.1, 0.15) is 29.9 Å². The van der Waals surface area contributed by atoms with Crippen molar-refractivity contribution in [3.05, 3.63) is 105 Å². The Kier molecular flexibility index (Phi) is 8.92. The number of nitrogens with zero attached hydrogens (tertiary/aromatic N) is 3. The van der Waals surface area contributed by atoms with Crippen LogP contribution < -0.4 is 15.2 Å². The molecule has 2 heterocycles. The minimum absolute atomic E-state index is 0.0825. The lowest BCUT2D eigenvalue weighted by atomic mass is 10.2. The molecule has 0 fully saturated rings. The van der Waals surface area contributed by atoms with Gasteiger partial charge in [0.15, 0.2) is 11.4 Å². The molecule has 0 radical (unpaired) electrons. The molecule has 1 N–H and O–H groups in total. The van der Waals surface area contributed by atoms with Gasteiger partial charge in [-0.25, -0.2) is 4.39 Å². The van der Waals surface area contributed by atoms with Crippen molar-refractivity contribution >= 4 is 17.5 Å². The van der Waals surface area contributed by atoms with Gasteiger partial charge in [-0.3, -0.25) is 19.3 Å². The zero-order chi connectivity index (χ0) is 25.4. The van der Waals surface area contributed by atoms with Crippen LogP contribution in [0.4, 0.5) is 4.39 Å². The summed E-state index contributed by atoms with van der Waals surface area (Å²) in [5, 5.41) is 12.1. The molecule has 2 aromatic carbocycles. The fourth-order valence-corrected chi connectivity index (χ4v) is 3.68. The van der Waals surface area contributed by atoms with E-state index in [1.165, 1.54) is 34.0 Å². The third-order valence-electron chi connectivity index (χ3n) is 5.13. The van der Waals surface area contributed by atoms with E-state index in [0.717, 1.165) is 5.56 Å². The first-order chi connectivity index (χ1) is 17.0. The summed E-state index contributed by atoms with van der Waals surface area (Å²) in [4.78, 5) is 26.5. The summed E-state index contributed by atoms with van der Waals surface area (Å²) in [5.74, 6) is -1.39. The number of carbonyl (C=O) groups is 1. The van der Waals surface area contributed by atoms with Gasteiger partial charge in [-0.1, -0.05) is 67.9 Å². The number of fused-ring (bicyclic) bond motifs is 1. The number of aromatic hydroxyl groups is 1. The molecule has 3 aromatic rings. The van der Waals surface area contributed by atoms with Crippen LogP contribution in [0, 0.1) is 5.82 Å². The first kappa shape index (κ1) is 25.8. The number of rotatable bonds is 7. The second kappa shape index (κ2) is 12.1. The van der Waals surface area contributed by atoms with Crippen molar-refractivity contribution in [2.45, 2.75) is 20.4 Å². The van der Waals surface area contributed by atoms with Crippen LogP contribution in [-0.4, -0.2) is 40.4 Å². The molecule has 1 aliphatic heterocycles. The van der Waals surface area contributed by atoms with Crippen molar-refractivity contribution in [3.63, 3.8) is 0 Å². The van der Waals surface area contributed by atoms with Crippen molar-refractivity contribution in [1.82, 2.24) is 9.58 Å². The zero-order valence-corrected chi connectivity index (χ0v) is 20.3. The second-order valence-electron chi connectivity index (χ2n) is 7.38. The molecule has 0 bridgehead atoms. The SMILES string of the molecule is CC.O=C1c2c(O)c(=O)ccn2N(Cc2ccccc2)CN1C/C=C/COc1cccc(F)c1Cl. The molecule has 1 aromatic heterocycles. The normalized spacial score (nSPS) is 12.9. The number of aromatic nitrogens is 1. The Balaban J connectivity index is 0.00000167. The minimum Gasteiger partial charge on any atom is -0.502 e. The molecule has 0 aliphatic carbocycles. The van der Waals surface area contributed by atoms with Crippen molar-refractivity contribution in [2.75, 3.05) is 24.8 Å². The lowest BCUT2D eigenvalue weighted by Crippen LogP contribution is -2.53. The monoisotopic (exact) mass is 499 g/mol. The summed E-state index contributed by atoms with van der Waals surface area (Å²) in [6, 6.07) is 15.2. The van der Waals surface area contributed by atoms with Crippen LogP contribution in [-0.2, 0) is 6.54 Å². The predicted octanol–water partition coefficient (Wildman–Crippen LogP) is 4.56. The average Bonchev–Trinajstić information content (AvgIpc) is 2.87. The highest BCUT2D eigenvalue weighted by Gasteiger charge is 2.31. The van der Waals surface area contributed by atoms with Crippen LogP contribution in [0.1, 0.15) is 29.9 Å². The molecule has 1 amide bonds. The van der Waals surface area contributed by atoms with Gasteiger partial charge in [-0.15, -0.1) is 0 Å². The van der Waals surface area contributed by atoms with Gasteiger partial charge < -0.3 is 14.7 Å². The molecule has 1 aliphatic rings. The lowest BCUT2D eigenvalue weighted by molar-refractivity contribution is 0.0706. The molecular weight excluding hydrogens is 473 g/mol. The molecule has 0 atom stereocenters. The van der Waals surface area contributed by atoms with Crippen molar-refractivity contribution in [1.29, 1.82) is 0 Å². The first-order valence-corrected chi connectivity index (χ1v) is 11.6. The molecule has 0 saturated carbocycles. The van der Waals surface area contributed by atoms with Gasteiger partial charge in [0.05, 0.1) is 6.54 Å². The highest BCUT2D eigenvalue weighted by molar-refractivity contribution is 6.32. The molecule has 35 heavy (non-hydrogen) atoms. The van der Waals surface area contributed by atoms with Crippen LogP contribution in [0.2, 0.25) is 5.02 Å². The molecule has 0 saturated heterocycles. The standard InChI is InChI=1S/C24H21ClFN3O4.C2H6/c25-21-18(26)9-6-10-20(21)33-14-5-4-12-27-16-28(15-17-7-2-1-3-8-17)29-13-11-19(30)23(31)22(29)24(27)32;1-2/h1-11,13,31H,12,14-16H2;1-2H3/b5-4+;. The molecule has 0 spiro atoms. The van der Waals surface area contributed by atoms with Crippen LogP contribution in [0.25, 0.3) is 0 Å². The third kappa shape index (κ3) is 6.02. The van der Waals surface area contributed by atoms with Crippen LogP contribution in [0.3, 0.4) is 0 Å². The predicted molar refractivity (Wildman–Crippen MR) is 134 cm³/mol. The van der Waals surface area contributed by atoms with E-state index in [1.54, 1.807) is 18.2 Å². The average molecular weight is 500 g/mol. The third-order valence-corrected chi connectivity index (χ3v) is 5.50. The van der Waals surface area contributed by atoms with Gasteiger partial charge >= 0.3 is 0 Å². The van der Waals surface area contributed by atoms with Crippen LogP contribution >= 0.6 is 11.6 Å². The number of pyridine rings is 1.